The molecule has 1 fully saturated rings. The molecule has 1 heterocycles. The Balaban J connectivity index is 1.82. The summed E-state index contributed by atoms with van der Waals surface area (Å²) in [4.78, 5) is 0. The highest BCUT2D eigenvalue weighted by Gasteiger charge is 2.44. The lowest BCUT2D eigenvalue weighted by atomic mass is 9.90. The smallest absolute Gasteiger partial charge is 0.135 e. The molecule has 5 unspecified atom stereocenters. The minimum atomic E-state index is -1.30. The van der Waals surface area contributed by atoms with E-state index in [1.54, 1.807) is 12.1 Å². The van der Waals surface area contributed by atoms with Crippen molar-refractivity contribution in [2.75, 3.05) is 13.2 Å². The van der Waals surface area contributed by atoms with Crippen molar-refractivity contribution in [1.29, 1.82) is 0 Å². The molecule has 1 aliphatic heterocycles. The van der Waals surface area contributed by atoms with Crippen LogP contribution in [0.15, 0.2) is 42.5 Å². The monoisotopic (exact) mass is 408 g/mol. The van der Waals surface area contributed by atoms with Crippen molar-refractivity contribution < 1.29 is 30.5 Å². The summed E-state index contributed by atoms with van der Waals surface area (Å²) in [6.07, 6.45) is -4.51. The van der Waals surface area contributed by atoms with Gasteiger partial charge in [0.15, 0.2) is 0 Å². The molecule has 0 bridgehead atoms. The van der Waals surface area contributed by atoms with Crippen molar-refractivity contribution in [3.8, 4) is 5.75 Å². The zero-order valence-corrected chi connectivity index (χ0v) is 16.5. The van der Waals surface area contributed by atoms with E-state index in [0.717, 1.165) is 16.9 Å². The second-order valence-corrected chi connectivity index (χ2v) is 7.37. The molecular formula is C21H27ClNO5+. The Kier molecular flexibility index (Phi) is 6.93. The van der Waals surface area contributed by atoms with Gasteiger partial charge in [0.2, 0.25) is 0 Å². The normalized spacial score (nSPS) is 27.6. The number of ether oxygens (including phenoxy) is 2. The maximum Gasteiger partial charge on any atom is 0.135 e. The van der Waals surface area contributed by atoms with E-state index in [0.29, 0.717) is 23.6 Å². The average molecular weight is 409 g/mol. The molecule has 2 aromatic carbocycles. The van der Waals surface area contributed by atoms with Gasteiger partial charge in [-0.05, 0) is 48.2 Å². The van der Waals surface area contributed by atoms with E-state index in [2.05, 4.69) is 5.73 Å². The second-order valence-electron chi connectivity index (χ2n) is 6.96. The third-order valence-corrected chi connectivity index (χ3v) is 5.39. The second kappa shape index (κ2) is 9.22. The Morgan fingerprint density at radius 3 is 2.39 bits per heavy atom. The van der Waals surface area contributed by atoms with Crippen LogP contribution in [0.3, 0.4) is 0 Å². The minimum absolute atomic E-state index is 0.286. The molecule has 2 aromatic rings. The van der Waals surface area contributed by atoms with Gasteiger partial charge in [0.05, 0.1) is 6.61 Å². The van der Waals surface area contributed by atoms with E-state index in [9.17, 15) is 15.3 Å². The first kappa shape index (κ1) is 21.0. The van der Waals surface area contributed by atoms with Crippen LogP contribution in [-0.4, -0.2) is 52.9 Å². The number of hydrogen-bond acceptors (Lipinski definition) is 5. The first-order valence-electron chi connectivity index (χ1n) is 9.43. The summed E-state index contributed by atoms with van der Waals surface area (Å²) in [5.41, 5.74) is 6.39. The molecule has 152 valence electrons. The number of aliphatic hydroxyl groups excluding tert-OH is 3. The van der Waals surface area contributed by atoms with Crippen LogP contribution in [0.25, 0.3) is 0 Å². The Morgan fingerprint density at radius 1 is 1.04 bits per heavy atom. The lowest BCUT2D eigenvalue weighted by molar-refractivity contribution is -0.403. The molecule has 1 aliphatic rings. The highest BCUT2D eigenvalue weighted by Crippen LogP contribution is 2.34. The summed E-state index contributed by atoms with van der Waals surface area (Å²) in [7, 11) is 0. The molecule has 3 rings (SSSR count). The summed E-state index contributed by atoms with van der Waals surface area (Å²) in [6, 6.07) is 13.2. The lowest BCUT2D eigenvalue weighted by Gasteiger charge is -2.39. The molecule has 5 atom stereocenters. The van der Waals surface area contributed by atoms with Crippen LogP contribution < -0.4 is 10.5 Å². The van der Waals surface area contributed by atoms with Crippen LogP contribution in [0, 0.1) is 0 Å². The van der Waals surface area contributed by atoms with Crippen molar-refractivity contribution in [2.45, 2.75) is 43.9 Å². The van der Waals surface area contributed by atoms with Crippen LogP contribution in [0.4, 0.5) is 0 Å². The standard InChI is InChI=1S/C21H26ClNO5/c1-2-27-15-6-3-12(4-7-15)9-14-10-13(5-8-16(14)22)21-20(26)19(25)18(24)17(11-23)28-21/h3-8,10,17-21,24-26H,2,9,11,23H2,1H3/p+1. The SMILES string of the molecule is CCOc1ccc(Cc2cc(C3OC(C[NH3+])C(O)C(O)C3O)ccc2Cl)cc1. The molecule has 0 aromatic heterocycles. The Bertz CT molecular complexity index is 783. The van der Waals surface area contributed by atoms with Gasteiger partial charge in [-0.2, -0.15) is 0 Å². The molecule has 0 radical (unpaired) electrons. The Labute approximate surface area is 169 Å². The third-order valence-electron chi connectivity index (χ3n) is 5.02. The summed E-state index contributed by atoms with van der Waals surface area (Å²) >= 11 is 6.38. The fourth-order valence-electron chi connectivity index (χ4n) is 3.46. The number of hydrogen-bond donors (Lipinski definition) is 4. The van der Waals surface area contributed by atoms with E-state index < -0.39 is 30.5 Å². The van der Waals surface area contributed by atoms with Crippen molar-refractivity contribution >= 4 is 11.6 Å². The van der Waals surface area contributed by atoms with Gasteiger partial charge in [-0.1, -0.05) is 35.9 Å². The van der Waals surface area contributed by atoms with Gasteiger partial charge in [-0.3, -0.25) is 0 Å². The van der Waals surface area contributed by atoms with E-state index in [1.165, 1.54) is 0 Å². The number of aliphatic hydroxyl groups is 3. The van der Waals surface area contributed by atoms with Gasteiger partial charge in [-0.15, -0.1) is 0 Å². The molecular weight excluding hydrogens is 382 g/mol. The van der Waals surface area contributed by atoms with Gasteiger partial charge in [0.1, 0.15) is 42.8 Å². The number of rotatable bonds is 6. The predicted octanol–water partition coefficient (Wildman–Crippen LogP) is 1.09. The number of benzene rings is 2. The van der Waals surface area contributed by atoms with Crippen molar-refractivity contribution in [1.82, 2.24) is 0 Å². The fraction of sp³-hybridized carbons (Fsp3) is 0.429. The van der Waals surface area contributed by atoms with Crippen LogP contribution >= 0.6 is 11.6 Å². The molecule has 7 heteroatoms. The van der Waals surface area contributed by atoms with Gasteiger partial charge < -0.3 is 30.5 Å². The molecule has 0 aliphatic carbocycles. The van der Waals surface area contributed by atoms with E-state index >= 15 is 0 Å². The molecule has 6 nitrogen and oxygen atoms in total. The largest absolute Gasteiger partial charge is 0.494 e. The Hall–Kier alpha value is -1.67. The molecule has 28 heavy (non-hydrogen) atoms. The predicted molar refractivity (Wildman–Crippen MR) is 105 cm³/mol. The maximum atomic E-state index is 10.4. The zero-order valence-electron chi connectivity index (χ0n) is 15.8. The van der Waals surface area contributed by atoms with E-state index in [4.69, 9.17) is 21.1 Å². The highest BCUT2D eigenvalue weighted by atomic mass is 35.5. The van der Waals surface area contributed by atoms with Crippen LogP contribution in [-0.2, 0) is 11.2 Å². The van der Waals surface area contributed by atoms with Gasteiger partial charge >= 0.3 is 0 Å². The van der Waals surface area contributed by atoms with Crippen molar-refractivity contribution in [2.24, 2.45) is 0 Å². The van der Waals surface area contributed by atoms with Gasteiger partial charge in [0, 0.05) is 5.02 Å². The first-order chi connectivity index (χ1) is 13.4. The van der Waals surface area contributed by atoms with Crippen LogP contribution in [0.5, 0.6) is 5.75 Å². The molecule has 6 N–H and O–H groups in total. The molecule has 1 saturated heterocycles. The van der Waals surface area contributed by atoms with Gasteiger partial charge in [-0.25, -0.2) is 0 Å². The van der Waals surface area contributed by atoms with Crippen LogP contribution in [0.1, 0.15) is 29.7 Å². The van der Waals surface area contributed by atoms with Crippen molar-refractivity contribution in [3.63, 3.8) is 0 Å². The first-order valence-corrected chi connectivity index (χ1v) is 9.81. The summed E-state index contributed by atoms with van der Waals surface area (Å²) in [5.74, 6) is 0.816. The highest BCUT2D eigenvalue weighted by molar-refractivity contribution is 6.31. The summed E-state index contributed by atoms with van der Waals surface area (Å²) < 4.78 is 11.3. The zero-order chi connectivity index (χ0) is 20.3. The van der Waals surface area contributed by atoms with E-state index in [1.807, 2.05) is 37.3 Å². The molecule has 0 amide bonds. The van der Waals surface area contributed by atoms with Crippen LogP contribution in [0.2, 0.25) is 5.02 Å². The topological polar surface area (TPSA) is 107 Å². The number of halogens is 1. The Morgan fingerprint density at radius 2 is 1.75 bits per heavy atom. The van der Waals surface area contributed by atoms with Gasteiger partial charge in [0.25, 0.3) is 0 Å². The van der Waals surface area contributed by atoms with E-state index in [-0.39, 0.29) is 6.54 Å². The minimum Gasteiger partial charge on any atom is -0.494 e. The molecule has 0 saturated carbocycles. The number of quaternary nitrogens is 1. The summed E-state index contributed by atoms with van der Waals surface area (Å²) in [5, 5.41) is 31.2. The van der Waals surface area contributed by atoms with Crippen molar-refractivity contribution in [3.05, 3.63) is 64.2 Å². The maximum absolute atomic E-state index is 10.4. The molecule has 0 spiro atoms. The average Bonchev–Trinajstić information content (AvgIpc) is 2.70. The third kappa shape index (κ3) is 4.49. The lowest BCUT2D eigenvalue weighted by Crippen LogP contribution is -2.65. The summed E-state index contributed by atoms with van der Waals surface area (Å²) in [6.45, 7) is 2.84. The quantitative estimate of drug-likeness (QED) is 0.572. The fourth-order valence-corrected chi connectivity index (χ4v) is 3.65.